The molecule has 3 aromatic rings. The van der Waals surface area contributed by atoms with Gasteiger partial charge in [0.25, 0.3) is 0 Å². The molecule has 0 radical (unpaired) electrons. The number of hydrogen-bond acceptors (Lipinski definition) is 4. The molecule has 1 saturated carbocycles. The Kier molecular flexibility index (Phi) is 5.19. The third-order valence-corrected chi connectivity index (χ3v) is 4.41. The van der Waals surface area contributed by atoms with E-state index >= 15 is 0 Å². The maximum Gasteiger partial charge on any atom is 0.227 e. The lowest BCUT2D eigenvalue weighted by Gasteiger charge is -2.11. The van der Waals surface area contributed by atoms with Crippen LogP contribution >= 0.6 is 12.4 Å². The van der Waals surface area contributed by atoms with Crippen LogP contribution in [0.2, 0.25) is 0 Å². The van der Waals surface area contributed by atoms with Crippen LogP contribution in [0.15, 0.2) is 52.9 Å². The first-order valence-electron chi connectivity index (χ1n) is 8.10. The first kappa shape index (κ1) is 17.0. The first-order valence-corrected chi connectivity index (χ1v) is 8.10. The number of hydrogen-bond donors (Lipinski definition) is 1. The van der Waals surface area contributed by atoms with Crippen LogP contribution < -0.4 is 5.73 Å². The molecule has 0 saturated heterocycles. The second-order valence-corrected chi connectivity index (χ2v) is 6.19. The van der Waals surface area contributed by atoms with Gasteiger partial charge in [0.2, 0.25) is 5.89 Å². The van der Waals surface area contributed by atoms with Crippen molar-refractivity contribution in [3.8, 4) is 11.5 Å². The fourth-order valence-corrected chi connectivity index (χ4v) is 3.08. The molecule has 24 heavy (non-hydrogen) atoms. The summed E-state index contributed by atoms with van der Waals surface area (Å²) in [7, 11) is 0. The lowest BCUT2D eigenvalue weighted by molar-refractivity contribution is 0.0448. The number of para-hydroxylation sites is 2. The van der Waals surface area contributed by atoms with E-state index in [0.717, 1.165) is 41.5 Å². The van der Waals surface area contributed by atoms with Crippen LogP contribution in [0.3, 0.4) is 0 Å². The molecule has 1 fully saturated rings. The van der Waals surface area contributed by atoms with Gasteiger partial charge in [-0.05, 0) is 49.1 Å². The van der Waals surface area contributed by atoms with Gasteiger partial charge in [0.05, 0.1) is 12.7 Å². The molecule has 1 aromatic heterocycles. The average molecular weight is 345 g/mol. The molecule has 1 heterocycles. The molecule has 5 heteroatoms. The Bertz CT molecular complexity index is 767. The van der Waals surface area contributed by atoms with Crippen LogP contribution in [0.1, 0.15) is 24.8 Å². The highest BCUT2D eigenvalue weighted by Gasteiger charge is 2.22. The highest BCUT2D eigenvalue weighted by atomic mass is 35.5. The summed E-state index contributed by atoms with van der Waals surface area (Å²) in [6.07, 6.45) is 3.42. The van der Waals surface area contributed by atoms with Gasteiger partial charge >= 0.3 is 0 Å². The van der Waals surface area contributed by atoms with Gasteiger partial charge in [0.1, 0.15) is 5.52 Å². The van der Waals surface area contributed by atoms with Crippen LogP contribution in [0.4, 0.5) is 0 Å². The van der Waals surface area contributed by atoms with Crippen molar-refractivity contribution in [2.75, 3.05) is 0 Å². The van der Waals surface area contributed by atoms with Crippen LogP contribution in [0, 0.1) is 0 Å². The zero-order chi connectivity index (χ0) is 15.6. The number of nitrogens with zero attached hydrogens (tertiary/aromatic N) is 1. The van der Waals surface area contributed by atoms with Gasteiger partial charge in [-0.15, -0.1) is 12.4 Å². The van der Waals surface area contributed by atoms with E-state index in [9.17, 15) is 0 Å². The zero-order valence-electron chi connectivity index (χ0n) is 13.4. The van der Waals surface area contributed by atoms with Crippen LogP contribution in [-0.2, 0) is 11.3 Å². The van der Waals surface area contributed by atoms with Gasteiger partial charge in [0, 0.05) is 11.6 Å². The summed E-state index contributed by atoms with van der Waals surface area (Å²) in [6, 6.07) is 16.3. The van der Waals surface area contributed by atoms with Gasteiger partial charge in [-0.25, -0.2) is 4.98 Å². The van der Waals surface area contributed by atoms with E-state index in [2.05, 4.69) is 17.1 Å². The van der Waals surface area contributed by atoms with E-state index in [0.29, 0.717) is 24.6 Å². The third-order valence-electron chi connectivity index (χ3n) is 4.41. The van der Waals surface area contributed by atoms with Crippen molar-refractivity contribution in [3.05, 3.63) is 54.1 Å². The van der Waals surface area contributed by atoms with Crippen molar-refractivity contribution in [2.45, 2.75) is 38.0 Å². The minimum atomic E-state index is 0. The predicted octanol–water partition coefficient (Wildman–Crippen LogP) is 4.31. The Morgan fingerprint density at radius 3 is 2.58 bits per heavy atom. The lowest BCUT2D eigenvalue weighted by atomic mass is 10.1. The number of ether oxygens (including phenoxy) is 1. The topological polar surface area (TPSA) is 61.3 Å². The minimum Gasteiger partial charge on any atom is -0.436 e. The SMILES string of the molecule is Cl.NC1CCC(OCc2ccc(-c3nc4ccccc4o3)cc2)C1. The monoisotopic (exact) mass is 344 g/mol. The molecular formula is C19H21ClN2O2. The molecular weight excluding hydrogens is 324 g/mol. The van der Waals surface area contributed by atoms with Gasteiger partial charge in [-0.3, -0.25) is 0 Å². The standard InChI is InChI=1S/C19H20N2O2.ClH/c20-15-9-10-16(11-15)22-12-13-5-7-14(8-6-13)19-21-17-3-1-2-4-18(17)23-19;/h1-8,15-16H,9-12,20H2;1H. The predicted molar refractivity (Wildman–Crippen MR) is 97.1 cm³/mol. The summed E-state index contributed by atoms with van der Waals surface area (Å²) >= 11 is 0. The van der Waals surface area contributed by atoms with Gasteiger partial charge in [-0.2, -0.15) is 0 Å². The zero-order valence-corrected chi connectivity index (χ0v) is 14.2. The maximum atomic E-state index is 5.93. The summed E-state index contributed by atoms with van der Waals surface area (Å²) in [5.41, 5.74) is 9.74. The quantitative estimate of drug-likeness (QED) is 0.766. The fraction of sp³-hybridized carbons (Fsp3) is 0.316. The van der Waals surface area contributed by atoms with Crippen molar-refractivity contribution in [2.24, 2.45) is 5.73 Å². The Labute approximate surface area is 147 Å². The Hall–Kier alpha value is -1.88. The number of rotatable bonds is 4. The van der Waals surface area contributed by atoms with Crippen molar-refractivity contribution in [1.29, 1.82) is 0 Å². The van der Waals surface area contributed by atoms with Gasteiger partial charge in [0.15, 0.2) is 5.58 Å². The van der Waals surface area contributed by atoms with Crippen LogP contribution in [0.25, 0.3) is 22.6 Å². The molecule has 1 aliphatic rings. The fourth-order valence-electron chi connectivity index (χ4n) is 3.08. The Balaban J connectivity index is 0.00000169. The summed E-state index contributed by atoms with van der Waals surface area (Å²) in [4.78, 5) is 4.52. The molecule has 0 amide bonds. The highest BCUT2D eigenvalue weighted by Crippen LogP contribution is 2.25. The number of fused-ring (bicyclic) bond motifs is 1. The molecule has 2 atom stereocenters. The summed E-state index contributed by atoms with van der Waals surface area (Å²) in [5.74, 6) is 0.653. The van der Waals surface area contributed by atoms with E-state index in [-0.39, 0.29) is 12.4 Å². The summed E-state index contributed by atoms with van der Waals surface area (Å²) < 4.78 is 11.7. The molecule has 4 rings (SSSR count). The molecule has 126 valence electrons. The summed E-state index contributed by atoms with van der Waals surface area (Å²) in [5, 5.41) is 0. The highest BCUT2D eigenvalue weighted by molar-refractivity contribution is 5.85. The van der Waals surface area contributed by atoms with Crippen molar-refractivity contribution in [3.63, 3.8) is 0 Å². The maximum absolute atomic E-state index is 5.93. The molecule has 1 aliphatic carbocycles. The normalized spacial score (nSPS) is 20.2. The van der Waals surface area contributed by atoms with Crippen LogP contribution in [0.5, 0.6) is 0 Å². The molecule has 0 spiro atoms. The lowest BCUT2D eigenvalue weighted by Crippen LogP contribution is -2.17. The van der Waals surface area contributed by atoms with Crippen LogP contribution in [-0.4, -0.2) is 17.1 Å². The van der Waals surface area contributed by atoms with Gasteiger partial charge in [-0.1, -0.05) is 24.3 Å². The van der Waals surface area contributed by atoms with Crippen molar-refractivity contribution >= 4 is 23.5 Å². The number of halogens is 1. The summed E-state index contributed by atoms with van der Waals surface area (Å²) in [6.45, 7) is 0.630. The smallest absolute Gasteiger partial charge is 0.227 e. The number of aromatic nitrogens is 1. The molecule has 2 N–H and O–H groups in total. The van der Waals surface area contributed by atoms with Crippen molar-refractivity contribution in [1.82, 2.24) is 4.98 Å². The van der Waals surface area contributed by atoms with E-state index in [4.69, 9.17) is 14.9 Å². The number of oxazole rings is 1. The third kappa shape index (κ3) is 3.61. The Morgan fingerprint density at radius 1 is 1.08 bits per heavy atom. The molecule has 0 aliphatic heterocycles. The van der Waals surface area contributed by atoms with E-state index in [1.54, 1.807) is 0 Å². The average Bonchev–Trinajstić information content (AvgIpc) is 3.19. The minimum absolute atomic E-state index is 0. The first-order chi connectivity index (χ1) is 11.3. The van der Waals surface area contributed by atoms with E-state index in [1.165, 1.54) is 0 Å². The molecule has 2 unspecified atom stereocenters. The second kappa shape index (κ2) is 7.34. The van der Waals surface area contributed by atoms with Gasteiger partial charge < -0.3 is 14.9 Å². The largest absolute Gasteiger partial charge is 0.436 e. The van der Waals surface area contributed by atoms with E-state index in [1.807, 2.05) is 36.4 Å². The van der Waals surface area contributed by atoms with Crippen molar-refractivity contribution < 1.29 is 9.15 Å². The molecule has 0 bridgehead atoms. The number of benzene rings is 2. The Morgan fingerprint density at radius 2 is 1.88 bits per heavy atom. The van der Waals surface area contributed by atoms with E-state index < -0.39 is 0 Å². The molecule has 2 aromatic carbocycles. The second-order valence-electron chi connectivity index (χ2n) is 6.19. The number of nitrogens with two attached hydrogens (primary N) is 1. The molecule has 4 nitrogen and oxygen atoms in total.